The number of rotatable bonds is 13. The summed E-state index contributed by atoms with van der Waals surface area (Å²) < 4.78 is 10.6. The second-order valence-electron chi connectivity index (χ2n) is 11.6. The molecule has 0 saturated heterocycles. The van der Waals surface area contributed by atoms with E-state index in [4.69, 9.17) is 9.47 Å². The van der Waals surface area contributed by atoms with E-state index in [-0.39, 0.29) is 11.6 Å². The minimum Gasteiger partial charge on any atom is -0.494 e. The van der Waals surface area contributed by atoms with E-state index in [9.17, 15) is 19.2 Å². The van der Waals surface area contributed by atoms with E-state index in [2.05, 4.69) is 16.0 Å². The van der Waals surface area contributed by atoms with Crippen molar-refractivity contribution in [1.29, 1.82) is 0 Å². The minimum atomic E-state index is -0.511. The smallest absolute Gasteiger partial charge is 0.341 e. The first-order chi connectivity index (χ1) is 24.3. The van der Waals surface area contributed by atoms with E-state index < -0.39 is 23.0 Å². The molecule has 50 heavy (non-hydrogen) atoms. The Bertz CT molecular complexity index is 1850. The monoisotopic (exact) mass is 711 g/mol. The Morgan fingerprint density at radius 3 is 2.38 bits per heavy atom. The van der Waals surface area contributed by atoms with Crippen LogP contribution in [0, 0.1) is 0 Å². The summed E-state index contributed by atoms with van der Waals surface area (Å²) in [5, 5.41) is 8.77. The molecule has 1 unspecified atom stereocenters. The maximum Gasteiger partial charge on any atom is 0.341 e. The molecule has 260 valence electrons. The summed E-state index contributed by atoms with van der Waals surface area (Å²) in [7, 11) is 1.36. The van der Waals surface area contributed by atoms with Gasteiger partial charge in [0.2, 0.25) is 5.91 Å². The number of thiophene rings is 1. The third kappa shape index (κ3) is 9.42. The van der Waals surface area contributed by atoms with Crippen molar-refractivity contribution in [3.05, 3.63) is 112 Å². The van der Waals surface area contributed by atoms with Gasteiger partial charge in [-0.25, -0.2) is 4.79 Å². The van der Waals surface area contributed by atoms with E-state index in [1.807, 2.05) is 26.0 Å². The van der Waals surface area contributed by atoms with Crippen molar-refractivity contribution in [2.24, 2.45) is 0 Å². The molecule has 0 saturated carbocycles. The molecule has 1 aliphatic carbocycles. The van der Waals surface area contributed by atoms with Gasteiger partial charge in [0, 0.05) is 21.0 Å². The van der Waals surface area contributed by atoms with E-state index in [1.54, 1.807) is 72.8 Å². The number of benzene rings is 3. The molecule has 9 nitrogen and oxygen atoms in total. The number of nitrogens with one attached hydrogen (secondary N) is 3. The van der Waals surface area contributed by atoms with Gasteiger partial charge in [0.05, 0.1) is 24.5 Å². The first kappa shape index (κ1) is 36.4. The van der Waals surface area contributed by atoms with Gasteiger partial charge in [-0.1, -0.05) is 49.7 Å². The van der Waals surface area contributed by atoms with Gasteiger partial charge in [0.15, 0.2) is 0 Å². The number of esters is 1. The fourth-order valence-electron chi connectivity index (χ4n) is 5.61. The molecule has 0 spiro atoms. The number of hydrogen-bond donors (Lipinski definition) is 3. The summed E-state index contributed by atoms with van der Waals surface area (Å²) in [6, 6.07) is 23.1. The molecule has 11 heteroatoms. The van der Waals surface area contributed by atoms with E-state index >= 15 is 0 Å². The molecule has 0 radical (unpaired) electrons. The topological polar surface area (TPSA) is 123 Å². The Hall–Kier alpha value is -4.87. The number of fused-ring (bicyclic) bond motifs is 1. The van der Waals surface area contributed by atoms with Crippen molar-refractivity contribution < 1.29 is 28.7 Å². The number of aryl methyl sites for hydroxylation is 1. The maximum absolute atomic E-state index is 13.6. The zero-order valence-corrected chi connectivity index (χ0v) is 30.0. The van der Waals surface area contributed by atoms with Crippen LogP contribution in [0.4, 0.5) is 10.7 Å². The lowest BCUT2D eigenvalue weighted by atomic mass is 10.1. The fourth-order valence-corrected chi connectivity index (χ4v) is 7.90. The van der Waals surface area contributed by atoms with Crippen LogP contribution in [0.1, 0.15) is 76.3 Å². The average Bonchev–Trinajstić information content (AvgIpc) is 3.30. The van der Waals surface area contributed by atoms with Gasteiger partial charge in [-0.3, -0.25) is 14.4 Å². The molecule has 1 atom stereocenters. The maximum atomic E-state index is 13.6. The van der Waals surface area contributed by atoms with Crippen molar-refractivity contribution in [1.82, 2.24) is 5.32 Å². The second kappa shape index (κ2) is 17.7. The van der Waals surface area contributed by atoms with Gasteiger partial charge in [-0.05, 0) is 98.7 Å². The van der Waals surface area contributed by atoms with Crippen molar-refractivity contribution in [3.8, 4) is 5.75 Å². The highest BCUT2D eigenvalue weighted by Crippen LogP contribution is 2.39. The van der Waals surface area contributed by atoms with Gasteiger partial charge >= 0.3 is 5.97 Å². The van der Waals surface area contributed by atoms with Crippen molar-refractivity contribution in [2.75, 3.05) is 24.4 Å². The number of anilines is 2. The molecular formula is C39H41N3O6S2. The van der Waals surface area contributed by atoms with Crippen LogP contribution < -0.4 is 20.7 Å². The van der Waals surface area contributed by atoms with Crippen molar-refractivity contribution in [3.63, 3.8) is 0 Å². The van der Waals surface area contributed by atoms with Gasteiger partial charge < -0.3 is 25.4 Å². The summed E-state index contributed by atoms with van der Waals surface area (Å²) >= 11 is 2.84. The van der Waals surface area contributed by atoms with E-state index in [1.165, 1.54) is 30.2 Å². The molecule has 3 amide bonds. The Balaban J connectivity index is 1.32. The molecule has 3 aromatic carbocycles. The summed E-state index contributed by atoms with van der Waals surface area (Å²) in [4.78, 5) is 55.0. The first-order valence-corrected chi connectivity index (χ1v) is 18.4. The molecule has 1 aliphatic rings. The molecule has 5 rings (SSSR count). The largest absolute Gasteiger partial charge is 0.494 e. The number of ether oxygens (including phenoxy) is 2. The Labute approximate surface area is 300 Å². The zero-order valence-electron chi connectivity index (χ0n) is 28.4. The van der Waals surface area contributed by atoms with Crippen molar-refractivity contribution >= 4 is 63.6 Å². The molecule has 4 aromatic rings. The van der Waals surface area contributed by atoms with Gasteiger partial charge in [0.25, 0.3) is 11.8 Å². The van der Waals surface area contributed by atoms with E-state index in [0.717, 1.165) is 47.4 Å². The number of carbonyl (C=O) groups is 4. The molecule has 0 fully saturated rings. The standard InChI is InChI=1S/C39H41N3O6S2/c1-4-32(37(45)42-38-34(39(46)47-3)30-17-10-7-11-18-33(30)50-38)49-29-16-12-15-27(24-29)40-36(44)31(41-35(43)26-13-8-6-9-14-26)23-25-19-21-28(22-20-25)48-5-2/h6,8-9,12-16,19-24,32H,4-5,7,10-11,17-18H2,1-3H3,(H,40,44)(H,41,43)(H,42,45)/b31-23+. The van der Waals surface area contributed by atoms with Crippen LogP contribution >= 0.6 is 23.1 Å². The number of methoxy groups -OCH3 is 1. The molecule has 0 aliphatic heterocycles. The van der Waals surface area contributed by atoms with E-state index in [0.29, 0.717) is 46.2 Å². The fraction of sp³-hybridized carbons (Fsp3) is 0.282. The quantitative estimate of drug-likeness (QED) is 0.0554. The summed E-state index contributed by atoms with van der Waals surface area (Å²) in [5.41, 5.74) is 3.14. The van der Waals surface area contributed by atoms with Crippen LogP contribution in [-0.2, 0) is 27.2 Å². The number of thioether (sulfide) groups is 1. The van der Waals surface area contributed by atoms with Gasteiger partial charge in [-0.15, -0.1) is 23.1 Å². The third-order valence-electron chi connectivity index (χ3n) is 8.11. The summed E-state index contributed by atoms with van der Waals surface area (Å²) in [5.74, 6) is -0.872. The SMILES string of the molecule is CCOc1ccc(/C=C(/NC(=O)c2ccccc2)C(=O)Nc2cccc(SC(CC)C(=O)Nc3sc4c(c3C(=O)OC)CCCCC4)c2)cc1. The highest BCUT2D eigenvalue weighted by atomic mass is 32.2. The minimum absolute atomic E-state index is 0.0580. The number of carbonyl (C=O) groups excluding carboxylic acids is 4. The van der Waals surface area contributed by atoms with Gasteiger partial charge in [0.1, 0.15) is 16.4 Å². The number of hydrogen-bond acceptors (Lipinski definition) is 8. The van der Waals surface area contributed by atoms with Crippen molar-refractivity contribution in [2.45, 2.75) is 62.5 Å². The molecular weight excluding hydrogens is 671 g/mol. The Kier molecular flexibility index (Phi) is 12.9. The molecule has 3 N–H and O–H groups in total. The highest BCUT2D eigenvalue weighted by molar-refractivity contribution is 8.00. The second-order valence-corrected chi connectivity index (χ2v) is 14.0. The predicted molar refractivity (Wildman–Crippen MR) is 200 cm³/mol. The molecule has 1 aromatic heterocycles. The summed E-state index contributed by atoms with van der Waals surface area (Å²) in [6.07, 6.45) is 6.99. The van der Waals surface area contributed by atoms with Crippen LogP contribution in [0.3, 0.4) is 0 Å². The predicted octanol–water partition coefficient (Wildman–Crippen LogP) is 8.12. The van der Waals surface area contributed by atoms with Crippen LogP contribution in [0.25, 0.3) is 6.08 Å². The average molecular weight is 712 g/mol. The molecule has 1 heterocycles. The first-order valence-electron chi connectivity index (χ1n) is 16.7. The lowest BCUT2D eigenvalue weighted by Crippen LogP contribution is -2.30. The normalized spacial score (nSPS) is 13.3. The zero-order chi connectivity index (χ0) is 35.5. The lowest BCUT2D eigenvalue weighted by Gasteiger charge is -2.16. The van der Waals surface area contributed by atoms with Crippen LogP contribution in [-0.4, -0.2) is 42.7 Å². The summed E-state index contributed by atoms with van der Waals surface area (Å²) in [6.45, 7) is 4.37. The number of amides is 3. The van der Waals surface area contributed by atoms with Crippen LogP contribution in [0.15, 0.2) is 89.5 Å². The highest BCUT2D eigenvalue weighted by Gasteiger charge is 2.28. The Morgan fingerprint density at radius 2 is 1.66 bits per heavy atom. The van der Waals surface area contributed by atoms with Crippen LogP contribution in [0.5, 0.6) is 5.75 Å². The Morgan fingerprint density at radius 1 is 0.900 bits per heavy atom. The van der Waals surface area contributed by atoms with Gasteiger partial charge in [-0.2, -0.15) is 0 Å². The van der Waals surface area contributed by atoms with Crippen LogP contribution in [0.2, 0.25) is 0 Å². The third-order valence-corrected chi connectivity index (χ3v) is 10.7. The molecule has 0 bridgehead atoms. The lowest BCUT2D eigenvalue weighted by molar-refractivity contribution is -0.116.